The van der Waals surface area contributed by atoms with Crippen LogP contribution in [-0.2, 0) is 11.3 Å². The molecule has 1 fully saturated rings. The second kappa shape index (κ2) is 9.95. The summed E-state index contributed by atoms with van der Waals surface area (Å²) in [6.45, 7) is 2.31. The molecular formula is C22H31FN6O. The third-order valence-corrected chi connectivity index (χ3v) is 5.47. The molecular weight excluding hydrogens is 383 g/mol. The Morgan fingerprint density at radius 2 is 1.87 bits per heavy atom. The average Bonchev–Trinajstić information content (AvgIpc) is 2.75. The molecule has 1 saturated heterocycles. The van der Waals surface area contributed by atoms with Crippen molar-refractivity contribution >= 4 is 11.7 Å². The van der Waals surface area contributed by atoms with Crippen molar-refractivity contribution in [2.45, 2.75) is 31.3 Å². The minimum absolute atomic E-state index is 0.0698. The highest BCUT2D eigenvalue weighted by Gasteiger charge is 2.27. The summed E-state index contributed by atoms with van der Waals surface area (Å²) in [7, 11) is 7.30. The minimum Gasteiger partial charge on any atom is -0.373 e. The average molecular weight is 415 g/mol. The van der Waals surface area contributed by atoms with Gasteiger partial charge in [0, 0.05) is 26.1 Å². The summed E-state index contributed by atoms with van der Waals surface area (Å²) in [6, 6.07) is 7.47. The van der Waals surface area contributed by atoms with Crippen molar-refractivity contribution in [2.24, 2.45) is 0 Å². The fraction of sp³-hybridized carbons (Fsp3) is 0.500. The number of benzene rings is 1. The van der Waals surface area contributed by atoms with Crippen LogP contribution in [0, 0.1) is 5.82 Å². The summed E-state index contributed by atoms with van der Waals surface area (Å²) in [5.41, 5.74) is 1.56. The molecule has 1 amide bonds. The number of carbonyl (C=O) groups is 1. The van der Waals surface area contributed by atoms with E-state index in [2.05, 4.69) is 15.6 Å². The van der Waals surface area contributed by atoms with Crippen LogP contribution in [0.3, 0.4) is 0 Å². The fourth-order valence-electron chi connectivity index (χ4n) is 3.83. The molecule has 1 unspecified atom stereocenters. The zero-order valence-electron chi connectivity index (χ0n) is 18.2. The number of carbonyl (C=O) groups excluding carboxylic acids is 1. The molecule has 0 saturated carbocycles. The van der Waals surface area contributed by atoms with E-state index in [1.165, 1.54) is 12.1 Å². The maximum Gasteiger partial charge on any atom is 0.244 e. The van der Waals surface area contributed by atoms with Gasteiger partial charge in [-0.15, -0.1) is 0 Å². The van der Waals surface area contributed by atoms with Crippen LogP contribution in [0.15, 0.2) is 30.3 Å². The lowest BCUT2D eigenvalue weighted by molar-refractivity contribution is -0.135. The number of anilines is 1. The van der Waals surface area contributed by atoms with Crippen molar-refractivity contribution in [3.05, 3.63) is 53.2 Å². The molecule has 30 heavy (non-hydrogen) atoms. The fourth-order valence-corrected chi connectivity index (χ4v) is 3.83. The normalized spacial score (nSPS) is 15.8. The number of aromatic nitrogens is 2. The predicted octanol–water partition coefficient (Wildman–Crippen LogP) is 2.39. The van der Waals surface area contributed by atoms with Crippen molar-refractivity contribution in [2.75, 3.05) is 46.6 Å². The van der Waals surface area contributed by atoms with E-state index in [0.717, 1.165) is 48.8 Å². The number of rotatable bonds is 7. The highest BCUT2D eigenvalue weighted by Crippen LogP contribution is 2.25. The molecule has 1 aromatic carbocycles. The first-order valence-corrected chi connectivity index (χ1v) is 10.3. The molecule has 0 radical (unpaired) electrons. The summed E-state index contributed by atoms with van der Waals surface area (Å²) in [6.07, 6.45) is 2.02. The lowest BCUT2D eigenvalue weighted by atomic mass is 9.97. The molecule has 0 bridgehead atoms. The van der Waals surface area contributed by atoms with Gasteiger partial charge in [-0.2, -0.15) is 0 Å². The van der Waals surface area contributed by atoms with Crippen molar-refractivity contribution in [1.82, 2.24) is 25.1 Å². The number of nitrogens with one attached hydrogen (secondary N) is 2. The van der Waals surface area contributed by atoms with Gasteiger partial charge in [-0.1, -0.05) is 12.1 Å². The smallest absolute Gasteiger partial charge is 0.244 e. The largest absolute Gasteiger partial charge is 0.373 e. The van der Waals surface area contributed by atoms with Gasteiger partial charge in [0.2, 0.25) is 5.91 Å². The molecule has 2 aromatic rings. The van der Waals surface area contributed by atoms with E-state index >= 15 is 0 Å². The van der Waals surface area contributed by atoms with Gasteiger partial charge in [-0.3, -0.25) is 9.69 Å². The quantitative estimate of drug-likeness (QED) is 0.725. The van der Waals surface area contributed by atoms with Crippen LogP contribution in [0.4, 0.5) is 10.2 Å². The standard InChI is InChI=1S/C22H31FN6O/c1-24-19-13-18(26-21(27-19)16-9-11-25-12-10-16)14-29(4)22(30)20(28(2)3)15-5-7-17(23)8-6-15/h5-8,13,16,20,25H,9-12,14H2,1-4H3,(H,24,26,27). The van der Waals surface area contributed by atoms with Crippen LogP contribution < -0.4 is 10.6 Å². The predicted molar refractivity (Wildman–Crippen MR) is 116 cm³/mol. The first-order chi connectivity index (χ1) is 14.4. The molecule has 7 nitrogen and oxygen atoms in total. The van der Waals surface area contributed by atoms with Gasteiger partial charge in [0.25, 0.3) is 0 Å². The lowest BCUT2D eigenvalue weighted by Crippen LogP contribution is -2.38. The van der Waals surface area contributed by atoms with E-state index in [1.807, 2.05) is 32.1 Å². The second-order valence-corrected chi connectivity index (χ2v) is 7.99. The first kappa shape index (κ1) is 22.1. The molecule has 1 aliphatic rings. The maximum absolute atomic E-state index is 13.3. The highest BCUT2D eigenvalue weighted by molar-refractivity contribution is 5.83. The van der Waals surface area contributed by atoms with Crippen LogP contribution in [0.2, 0.25) is 0 Å². The number of hydrogen-bond acceptors (Lipinski definition) is 6. The molecule has 0 spiro atoms. The monoisotopic (exact) mass is 414 g/mol. The Labute approximate surface area is 177 Å². The van der Waals surface area contributed by atoms with Gasteiger partial charge in [-0.25, -0.2) is 14.4 Å². The second-order valence-electron chi connectivity index (χ2n) is 7.99. The Morgan fingerprint density at radius 1 is 1.20 bits per heavy atom. The van der Waals surface area contributed by atoms with E-state index in [1.54, 1.807) is 24.1 Å². The van der Waals surface area contributed by atoms with Crippen LogP contribution in [-0.4, -0.2) is 67.0 Å². The van der Waals surface area contributed by atoms with E-state index in [-0.39, 0.29) is 11.7 Å². The molecule has 162 valence electrons. The first-order valence-electron chi connectivity index (χ1n) is 10.3. The molecule has 1 atom stereocenters. The summed E-state index contributed by atoms with van der Waals surface area (Å²) in [4.78, 5) is 26.2. The third-order valence-electron chi connectivity index (χ3n) is 5.47. The lowest BCUT2D eigenvalue weighted by Gasteiger charge is -2.29. The van der Waals surface area contributed by atoms with Crippen LogP contribution in [0.5, 0.6) is 0 Å². The topological polar surface area (TPSA) is 73.4 Å². The van der Waals surface area contributed by atoms with Crippen molar-refractivity contribution < 1.29 is 9.18 Å². The molecule has 0 aliphatic carbocycles. The van der Waals surface area contributed by atoms with Gasteiger partial charge >= 0.3 is 0 Å². The molecule has 1 aliphatic heterocycles. The molecule has 2 heterocycles. The summed E-state index contributed by atoms with van der Waals surface area (Å²) in [5, 5.41) is 6.47. The minimum atomic E-state index is -0.495. The van der Waals surface area contributed by atoms with E-state index in [9.17, 15) is 9.18 Å². The Kier molecular flexibility index (Phi) is 7.33. The number of hydrogen-bond donors (Lipinski definition) is 2. The number of likely N-dealkylation sites (N-methyl/N-ethyl adjacent to an activating group) is 2. The van der Waals surface area contributed by atoms with E-state index < -0.39 is 6.04 Å². The molecule has 8 heteroatoms. The van der Waals surface area contributed by atoms with Crippen molar-refractivity contribution in [1.29, 1.82) is 0 Å². The summed E-state index contributed by atoms with van der Waals surface area (Å²) < 4.78 is 13.3. The zero-order chi connectivity index (χ0) is 21.7. The highest BCUT2D eigenvalue weighted by atomic mass is 19.1. The van der Waals surface area contributed by atoms with E-state index in [4.69, 9.17) is 4.98 Å². The summed E-state index contributed by atoms with van der Waals surface area (Å²) in [5.74, 6) is 1.54. The zero-order valence-corrected chi connectivity index (χ0v) is 18.2. The number of halogens is 1. The Bertz CT molecular complexity index is 851. The van der Waals surface area contributed by atoms with Gasteiger partial charge in [-0.05, 0) is 57.7 Å². The van der Waals surface area contributed by atoms with Crippen LogP contribution in [0.1, 0.15) is 41.9 Å². The van der Waals surface area contributed by atoms with Crippen LogP contribution >= 0.6 is 0 Å². The summed E-state index contributed by atoms with van der Waals surface area (Å²) >= 11 is 0. The van der Waals surface area contributed by atoms with Gasteiger partial charge in [0.15, 0.2) is 0 Å². The Morgan fingerprint density at radius 3 is 2.47 bits per heavy atom. The Balaban J connectivity index is 1.80. The maximum atomic E-state index is 13.3. The number of amides is 1. The number of nitrogens with zero attached hydrogens (tertiary/aromatic N) is 4. The van der Waals surface area contributed by atoms with Crippen molar-refractivity contribution in [3.63, 3.8) is 0 Å². The van der Waals surface area contributed by atoms with Gasteiger partial charge in [0.1, 0.15) is 23.5 Å². The molecule has 2 N–H and O–H groups in total. The van der Waals surface area contributed by atoms with Crippen molar-refractivity contribution in [3.8, 4) is 0 Å². The van der Waals surface area contributed by atoms with Gasteiger partial charge < -0.3 is 15.5 Å². The van der Waals surface area contributed by atoms with E-state index in [0.29, 0.717) is 12.5 Å². The SMILES string of the molecule is CNc1cc(CN(C)C(=O)C(c2ccc(F)cc2)N(C)C)nc(C2CCNCC2)n1. The number of piperidine rings is 1. The molecule has 1 aromatic heterocycles. The molecule has 3 rings (SSSR count). The van der Waals surface area contributed by atoms with Gasteiger partial charge in [0.05, 0.1) is 12.2 Å². The Hall–Kier alpha value is -2.58. The van der Waals surface area contributed by atoms with Crippen LogP contribution in [0.25, 0.3) is 0 Å². The third kappa shape index (κ3) is 5.31.